The molecule has 0 aromatic heterocycles. The molecule has 1 saturated heterocycles. The first kappa shape index (κ1) is 14.3. The molecule has 1 aliphatic heterocycles. The van der Waals surface area contributed by atoms with E-state index in [-0.39, 0.29) is 6.29 Å². The zero-order valence-corrected chi connectivity index (χ0v) is 11.8. The summed E-state index contributed by atoms with van der Waals surface area (Å²) >= 11 is 0. The van der Waals surface area contributed by atoms with Crippen molar-refractivity contribution < 1.29 is 9.47 Å². The number of rotatable bonds is 6. The van der Waals surface area contributed by atoms with Gasteiger partial charge in [0.15, 0.2) is 6.29 Å². The maximum Gasteiger partial charge on any atom is 0.169 e. The Morgan fingerprint density at radius 2 is 1.79 bits per heavy atom. The molecule has 1 aromatic rings. The van der Waals surface area contributed by atoms with E-state index in [4.69, 9.17) is 9.47 Å². The van der Waals surface area contributed by atoms with E-state index in [1.165, 1.54) is 5.69 Å². The summed E-state index contributed by atoms with van der Waals surface area (Å²) in [7, 11) is 3.35. The zero-order chi connectivity index (χ0) is 13.5. The van der Waals surface area contributed by atoms with E-state index < -0.39 is 0 Å². The van der Waals surface area contributed by atoms with Gasteiger partial charge in [0.25, 0.3) is 0 Å². The predicted octanol–water partition coefficient (Wildman–Crippen LogP) is 1.86. The summed E-state index contributed by atoms with van der Waals surface area (Å²) in [6, 6.07) is 11.2. The molecule has 0 atom stereocenters. The van der Waals surface area contributed by atoms with Crippen molar-refractivity contribution in [1.29, 1.82) is 0 Å². The zero-order valence-electron chi connectivity index (χ0n) is 11.8. The average molecular weight is 264 g/mol. The second-order valence-electron chi connectivity index (χ2n) is 4.91. The SMILES string of the molecule is COC(CNC1CCN(c2ccccc2)CC1)OC. The minimum atomic E-state index is -0.146. The summed E-state index contributed by atoms with van der Waals surface area (Å²) in [5, 5.41) is 3.52. The highest BCUT2D eigenvalue weighted by Crippen LogP contribution is 2.19. The molecule has 106 valence electrons. The summed E-state index contributed by atoms with van der Waals surface area (Å²) in [6.45, 7) is 2.96. The number of para-hydroxylation sites is 1. The summed E-state index contributed by atoms with van der Waals surface area (Å²) in [4.78, 5) is 2.45. The van der Waals surface area contributed by atoms with E-state index in [2.05, 4.69) is 40.5 Å². The summed E-state index contributed by atoms with van der Waals surface area (Å²) < 4.78 is 10.4. The second-order valence-corrected chi connectivity index (χ2v) is 4.91. The van der Waals surface area contributed by atoms with Crippen LogP contribution in [0.3, 0.4) is 0 Å². The van der Waals surface area contributed by atoms with Crippen LogP contribution in [0.5, 0.6) is 0 Å². The molecule has 1 fully saturated rings. The molecule has 0 radical (unpaired) electrons. The number of piperidine rings is 1. The fourth-order valence-corrected chi connectivity index (χ4v) is 2.51. The van der Waals surface area contributed by atoms with Crippen LogP contribution in [0.15, 0.2) is 30.3 Å². The average Bonchev–Trinajstić information content (AvgIpc) is 2.50. The third-order valence-corrected chi connectivity index (χ3v) is 3.72. The molecule has 0 bridgehead atoms. The number of nitrogens with zero attached hydrogens (tertiary/aromatic N) is 1. The highest BCUT2D eigenvalue weighted by atomic mass is 16.7. The minimum absolute atomic E-state index is 0.146. The molecule has 0 spiro atoms. The van der Waals surface area contributed by atoms with Crippen molar-refractivity contribution in [3.05, 3.63) is 30.3 Å². The van der Waals surface area contributed by atoms with Crippen LogP contribution in [0.4, 0.5) is 5.69 Å². The van der Waals surface area contributed by atoms with Crippen molar-refractivity contribution in [2.45, 2.75) is 25.2 Å². The van der Waals surface area contributed by atoms with Crippen molar-refractivity contribution in [3.63, 3.8) is 0 Å². The number of hydrogen-bond acceptors (Lipinski definition) is 4. The van der Waals surface area contributed by atoms with E-state index in [9.17, 15) is 0 Å². The molecule has 0 saturated carbocycles. The number of anilines is 1. The molecule has 1 aromatic carbocycles. The lowest BCUT2D eigenvalue weighted by molar-refractivity contribution is -0.100. The van der Waals surface area contributed by atoms with Crippen LogP contribution in [0.1, 0.15) is 12.8 Å². The normalized spacial score (nSPS) is 17.1. The molecular weight excluding hydrogens is 240 g/mol. The van der Waals surface area contributed by atoms with E-state index in [1.807, 2.05) is 0 Å². The quantitative estimate of drug-likeness (QED) is 0.795. The predicted molar refractivity (Wildman–Crippen MR) is 77.5 cm³/mol. The van der Waals surface area contributed by atoms with E-state index in [1.54, 1.807) is 14.2 Å². The van der Waals surface area contributed by atoms with Gasteiger partial charge in [0.05, 0.1) is 0 Å². The molecule has 1 N–H and O–H groups in total. The largest absolute Gasteiger partial charge is 0.371 e. The lowest BCUT2D eigenvalue weighted by Crippen LogP contribution is -2.45. The van der Waals surface area contributed by atoms with Gasteiger partial charge in [0.2, 0.25) is 0 Å². The van der Waals surface area contributed by atoms with E-state index in [0.717, 1.165) is 32.5 Å². The molecule has 0 amide bonds. The van der Waals surface area contributed by atoms with Crippen LogP contribution in [0, 0.1) is 0 Å². The fourth-order valence-electron chi connectivity index (χ4n) is 2.51. The molecular formula is C15H24N2O2. The van der Waals surface area contributed by atoms with Gasteiger partial charge in [-0.2, -0.15) is 0 Å². The summed E-state index contributed by atoms with van der Waals surface area (Å²) in [5.41, 5.74) is 1.33. The molecule has 4 nitrogen and oxygen atoms in total. The molecule has 19 heavy (non-hydrogen) atoms. The molecule has 1 aliphatic rings. The van der Waals surface area contributed by atoms with Gasteiger partial charge < -0.3 is 19.7 Å². The smallest absolute Gasteiger partial charge is 0.169 e. The van der Waals surface area contributed by atoms with Gasteiger partial charge >= 0.3 is 0 Å². The molecule has 0 unspecified atom stereocenters. The van der Waals surface area contributed by atoms with Gasteiger partial charge in [-0.3, -0.25) is 0 Å². The standard InChI is InChI=1S/C15H24N2O2/c1-18-15(19-2)12-16-13-8-10-17(11-9-13)14-6-4-3-5-7-14/h3-7,13,15-16H,8-12H2,1-2H3. The fraction of sp³-hybridized carbons (Fsp3) is 0.600. The molecule has 4 heteroatoms. The Labute approximate surface area is 115 Å². The number of nitrogens with one attached hydrogen (secondary N) is 1. The van der Waals surface area contributed by atoms with Crippen LogP contribution in [0.25, 0.3) is 0 Å². The van der Waals surface area contributed by atoms with Crippen molar-refractivity contribution in [2.24, 2.45) is 0 Å². The van der Waals surface area contributed by atoms with Crippen molar-refractivity contribution in [2.75, 3.05) is 38.8 Å². The van der Waals surface area contributed by atoms with Crippen LogP contribution in [-0.4, -0.2) is 46.2 Å². The minimum Gasteiger partial charge on any atom is -0.371 e. The number of ether oxygens (including phenoxy) is 2. The van der Waals surface area contributed by atoms with Crippen molar-refractivity contribution in [1.82, 2.24) is 5.32 Å². The van der Waals surface area contributed by atoms with Crippen LogP contribution < -0.4 is 10.2 Å². The summed E-state index contributed by atoms with van der Waals surface area (Å²) in [6.07, 6.45) is 2.18. The highest BCUT2D eigenvalue weighted by molar-refractivity contribution is 5.46. The van der Waals surface area contributed by atoms with Crippen molar-refractivity contribution in [3.8, 4) is 0 Å². The first-order valence-corrected chi connectivity index (χ1v) is 6.92. The first-order valence-electron chi connectivity index (χ1n) is 6.92. The lowest BCUT2D eigenvalue weighted by Gasteiger charge is -2.34. The molecule has 2 rings (SSSR count). The Morgan fingerprint density at radius 3 is 2.37 bits per heavy atom. The second kappa shape index (κ2) is 7.48. The van der Waals surface area contributed by atoms with Gasteiger partial charge in [-0.05, 0) is 25.0 Å². The van der Waals surface area contributed by atoms with Gasteiger partial charge in [-0.25, -0.2) is 0 Å². The Bertz CT molecular complexity index is 346. The Morgan fingerprint density at radius 1 is 1.16 bits per heavy atom. The van der Waals surface area contributed by atoms with Gasteiger partial charge in [0, 0.05) is 45.6 Å². The van der Waals surface area contributed by atoms with Gasteiger partial charge in [0.1, 0.15) is 0 Å². The maximum absolute atomic E-state index is 5.19. The van der Waals surface area contributed by atoms with Crippen molar-refractivity contribution >= 4 is 5.69 Å². The van der Waals surface area contributed by atoms with Gasteiger partial charge in [-0.1, -0.05) is 18.2 Å². The van der Waals surface area contributed by atoms with Crippen LogP contribution >= 0.6 is 0 Å². The Kier molecular flexibility index (Phi) is 5.63. The maximum atomic E-state index is 5.19. The van der Waals surface area contributed by atoms with Crippen LogP contribution in [-0.2, 0) is 9.47 Å². The topological polar surface area (TPSA) is 33.7 Å². The third-order valence-electron chi connectivity index (χ3n) is 3.72. The molecule has 1 heterocycles. The van der Waals surface area contributed by atoms with Gasteiger partial charge in [-0.15, -0.1) is 0 Å². The Hall–Kier alpha value is -1.10. The molecule has 0 aliphatic carbocycles. The number of methoxy groups -OCH3 is 2. The third kappa shape index (κ3) is 4.20. The number of hydrogen-bond donors (Lipinski definition) is 1. The van der Waals surface area contributed by atoms with E-state index in [0.29, 0.717) is 6.04 Å². The first-order chi connectivity index (χ1) is 9.33. The Balaban J connectivity index is 1.74. The van der Waals surface area contributed by atoms with E-state index >= 15 is 0 Å². The summed E-state index contributed by atoms with van der Waals surface area (Å²) in [5.74, 6) is 0. The monoisotopic (exact) mass is 264 g/mol. The lowest BCUT2D eigenvalue weighted by atomic mass is 10.0. The number of benzene rings is 1. The highest BCUT2D eigenvalue weighted by Gasteiger charge is 2.19. The van der Waals surface area contributed by atoms with Crippen LogP contribution in [0.2, 0.25) is 0 Å².